The Morgan fingerprint density at radius 1 is 1.00 bits per heavy atom. The van der Waals surface area contributed by atoms with E-state index in [1.165, 1.54) is 0 Å². The Balaban J connectivity index is 2.22. The molecule has 0 atom stereocenters. The molecule has 1 heterocycles. The molecule has 116 valence electrons. The minimum absolute atomic E-state index is 0.0563. The molecule has 10 nitrogen and oxygen atoms in total. The summed E-state index contributed by atoms with van der Waals surface area (Å²) in [5.41, 5.74) is -0.947. The fourth-order valence-electron chi connectivity index (χ4n) is 2.00. The van der Waals surface area contributed by atoms with Crippen molar-refractivity contribution in [2.24, 2.45) is 0 Å². The Kier molecular flexibility index (Phi) is 3.50. The first-order valence-electron chi connectivity index (χ1n) is 6.08. The van der Waals surface area contributed by atoms with Gasteiger partial charge in [-0.15, -0.1) is 0 Å². The lowest BCUT2D eigenvalue weighted by Gasteiger charge is -2.07. The van der Waals surface area contributed by atoms with E-state index in [1.807, 2.05) is 0 Å². The van der Waals surface area contributed by atoms with Crippen LogP contribution in [0.5, 0.6) is 0 Å². The maximum atomic E-state index is 11.2. The van der Waals surface area contributed by atoms with Crippen molar-refractivity contribution in [3.05, 3.63) is 55.6 Å². The van der Waals surface area contributed by atoms with Crippen molar-refractivity contribution in [2.75, 3.05) is 5.32 Å². The summed E-state index contributed by atoms with van der Waals surface area (Å²) in [7, 11) is 0. The monoisotopic (exact) mass is 335 g/mol. The fraction of sp³-hybridized carbons (Fsp3) is 0. The third kappa shape index (κ3) is 2.62. The summed E-state index contributed by atoms with van der Waals surface area (Å²) in [6, 6.07) is 7.16. The molecule has 0 radical (unpaired) electrons. The second kappa shape index (κ2) is 5.50. The second-order valence-corrected chi connectivity index (χ2v) is 4.83. The number of hydrogen-bond acceptors (Lipinski definition) is 8. The van der Waals surface area contributed by atoms with E-state index in [-0.39, 0.29) is 16.7 Å². The number of fused-ring (bicyclic) bond motifs is 1. The molecule has 0 spiro atoms. The minimum Gasteiger partial charge on any atom is -0.348 e. The van der Waals surface area contributed by atoms with Gasteiger partial charge in [-0.1, -0.05) is 11.6 Å². The number of anilines is 2. The summed E-state index contributed by atoms with van der Waals surface area (Å²) in [5, 5.41) is 32.5. The SMILES string of the molecule is O=[N+]([O-])c1cc([N+](=O)[O-])c2nonc2c1Nc1ccc(Cl)cc1. The third-order valence-corrected chi connectivity index (χ3v) is 3.26. The maximum absolute atomic E-state index is 11.2. The van der Waals surface area contributed by atoms with Crippen LogP contribution in [-0.2, 0) is 0 Å². The van der Waals surface area contributed by atoms with Crippen LogP contribution in [0.4, 0.5) is 22.7 Å². The Morgan fingerprint density at radius 2 is 1.61 bits per heavy atom. The highest BCUT2D eigenvalue weighted by atomic mass is 35.5. The van der Waals surface area contributed by atoms with Crippen LogP contribution in [0.15, 0.2) is 35.0 Å². The van der Waals surface area contributed by atoms with Crippen LogP contribution < -0.4 is 5.32 Å². The molecule has 0 fully saturated rings. The van der Waals surface area contributed by atoms with Gasteiger partial charge in [0.15, 0.2) is 5.52 Å². The Labute approximate surface area is 131 Å². The van der Waals surface area contributed by atoms with Gasteiger partial charge in [-0.3, -0.25) is 20.2 Å². The normalized spacial score (nSPS) is 10.7. The van der Waals surface area contributed by atoms with Crippen molar-refractivity contribution in [2.45, 2.75) is 0 Å². The van der Waals surface area contributed by atoms with E-state index in [0.717, 1.165) is 6.07 Å². The number of non-ortho nitro benzene ring substituents is 1. The van der Waals surface area contributed by atoms with E-state index in [0.29, 0.717) is 10.7 Å². The number of nitrogens with zero attached hydrogens (tertiary/aromatic N) is 4. The molecule has 2 aromatic carbocycles. The average molecular weight is 336 g/mol. The number of nitrogens with one attached hydrogen (secondary N) is 1. The zero-order valence-corrected chi connectivity index (χ0v) is 11.9. The van der Waals surface area contributed by atoms with Crippen molar-refractivity contribution in [3.8, 4) is 0 Å². The summed E-state index contributed by atoms with van der Waals surface area (Å²) >= 11 is 5.78. The van der Waals surface area contributed by atoms with Crippen molar-refractivity contribution in [1.29, 1.82) is 0 Å². The highest BCUT2D eigenvalue weighted by Crippen LogP contribution is 2.39. The lowest BCUT2D eigenvalue weighted by atomic mass is 10.2. The van der Waals surface area contributed by atoms with Crippen molar-refractivity contribution in [1.82, 2.24) is 10.3 Å². The number of aromatic nitrogens is 2. The van der Waals surface area contributed by atoms with Gasteiger partial charge < -0.3 is 5.32 Å². The molecule has 0 aliphatic carbocycles. The minimum atomic E-state index is -0.786. The van der Waals surface area contributed by atoms with Gasteiger partial charge in [0.25, 0.3) is 0 Å². The van der Waals surface area contributed by atoms with Gasteiger partial charge in [-0.25, -0.2) is 4.63 Å². The molecule has 0 amide bonds. The molecule has 3 aromatic rings. The molecule has 0 bridgehead atoms. The van der Waals surface area contributed by atoms with Crippen molar-refractivity contribution < 1.29 is 14.5 Å². The lowest BCUT2D eigenvalue weighted by Crippen LogP contribution is -2.00. The Hall–Kier alpha value is -3.27. The van der Waals surface area contributed by atoms with E-state index in [1.54, 1.807) is 24.3 Å². The predicted octanol–water partition coefficient (Wildman–Crippen LogP) is 3.44. The molecule has 1 aromatic heterocycles. The fourth-order valence-corrected chi connectivity index (χ4v) is 2.12. The second-order valence-electron chi connectivity index (χ2n) is 4.40. The number of halogens is 1. The number of nitro groups is 2. The van der Waals surface area contributed by atoms with E-state index in [2.05, 4.69) is 20.3 Å². The highest BCUT2D eigenvalue weighted by Gasteiger charge is 2.29. The lowest BCUT2D eigenvalue weighted by molar-refractivity contribution is -0.392. The zero-order valence-electron chi connectivity index (χ0n) is 11.1. The summed E-state index contributed by atoms with van der Waals surface area (Å²) in [6.07, 6.45) is 0. The maximum Gasteiger partial charge on any atom is 0.307 e. The van der Waals surface area contributed by atoms with Crippen LogP contribution >= 0.6 is 11.6 Å². The molecule has 23 heavy (non-hydrogen) atoms. The molecule has 3 rings (SSSR count). The molecule has 0 saturated heterocycles. The first-order valence-corrected chi connectivity index (χ1v) is 6.46. The summed E-state index contributed by atoms with van der Waals surface area (Å²) in [4.78, 5) is 20.7. The van der Waals surface area contributed by atoms with Crippen LogP contribution in [0.2, 0.25) is 5.02 Å². The van der Waals surface area contributed by atoms with Crippen LogP contribution in [-0.4, -0.2) is 20.2 Å². The molecular formula is C12H6ClN5O5. The molecule has 11 heteroatoms. The summed E-state index contributed by atoms with van der Waals surface area (Å²) in [5.74, 6) is 0. The van der Waals surface area contributed by atoms with E-state index in [4.69, 9.17) is 11.6 Å². The van der Waals surface area contributed by atoms with Gasteiger partial charge >= 0.3 is 11.4 Å². The van der Waals surface area contributed by atoms with E-state index < -0.39 is 21.2 Å². The average Bonchev–Trinajstić information content (AvgIpc) is 2.98. The highest BCUT2D eigenvalue weighted by molar-refractivity contribution is 6.30. The van der Waals surface area contributed by atoms with Crippen LogP contribution in [0.25, 0.3) is 11.0 Å². The van der Waals surface area contributed by atoms with E-state index in [9.17, 15) is 20.2 Å². The smallest absolute Gasteiger partial charge is 0.307 e. The molecule has 0 aliphatic rings. The molecule has 1 N–H and O–H groups in total. The van der Waals surface area contributed by atoms with Crippen LogP contribution in [0, 0.1) is 20.2 Å². The standard InChI is InChI=1S/C12H6ClN5O5/c13-6-1-3-7(4-2-6)14-10-8(17(19)20)5-9(18(21)22)11-12(10)16-23-15-11/h1-5,14H. The van der Waals surface area contributed by atoms with E-state index >= 15 is 0 Å². The molecule has 0 aliphatic heterocycles. The summed E-state index contributed by atoms with van der Waals surface area (Å²) in [6.45, 7) is 0. The number of rotatable bonds is 4. The van der Waals surface area contributed by atoms with Gasteiger partial charge in [-0.2, -0.15) is 0 Å². The van der Waals surface area contributed by atoms with Gasteiger partial charge in [0, 0.05) is 10.7 Å². The molecule has 0 saturated carbocycles. The Bertz CT molecular complexity index is 923. The third-order valence-electron chi connectivity index (χ3n) is 3.00. The largest absolute Gasteiger partial charge is 0.348 e. The molecule has 0 unspecified atom stereocenters. The predicted molar refractivity (Wildman–Crippen MR) is 79.8 cm³/mol. The number of hydrogen-bond donors (Lipinski definition) is 1. The summed E-state index contributed by atoms with van der Waals surface area (Å²) < 4.78 is 4.50. The molecular weight excluding hydrogens is 330 g/mol. The van der Waals surface area contributed by atoms with Gasteiger partial charge in [0.2, 0.25) is 5.52 Å². The van der Waals surface area contributed by atoms with Gasteiger partial charge in [0.1, 0.15) is 5.69 Å². The van der Waals surface area contributed by atoms with Crippen molar-refractivity contribution in [3.63, 3.8) is 0 Å². The van der Waals surface area contributed by atoms with Gasteiger partial charge in [0.05, 0.1) is 15.9 Å². The first kappa shape index (κ1) is 14.7. The zero-order chi connectivity index (χ0) is 16.6. The van der Waals surface area contributed by atoms with Gasteiger partial charge in [-0.05, 0) is 34.6 Å². The first-order chi connectivity index (χ1) is 11.0. The van der Waals surface area contributed by atoms with Crippen molar-refractivity contribution >= 4 is 45.4 Å². The topological polar surface area (TPSA) is 137 Å². The Morgan fingerprint density at radius 3 is 2.22 bits per heavy atom. The number of nitro benzene ring substituents is 2. The quantitative estimate of drug-likeness (QED) is 0.565. The van der Waals surface area contributed by atoms with Crippen LogP contribution in [0.3, 0.4) is 0 Å². The number of benzene rings is 2. The van der Waals surface area contributed by atoms with Crippen LogP contribution in [0.1, 0.15) is 0 Å².